The van der Waals surface area contributed by atoms with Crippen molar-refractivity contribution in [3.63, 3.8) is 0 Å². The molecular weight excluding hydrogens is 288 g/mol. The van der Waals surface area contributed by atoms with Crippen molar-refractivity contribution in [2.45, 2.75) is 65.2 Å². The van der Waals surface area contributed by atoms with E-state index in [4.69, 9.17) is 9.47 Å². The van der Waals surface area contributed by atoms with Gasteiger partial charge in [0, 0.05) is 13.6 Å². The molecule has 0 rings (SSSR count). The zero-order chi connectivity index (χ0) is 17.6. The van der Waals surface area contributed by atoms with Gasteiger partial charge in [0.1, 0.15) is 17.5 Å². The van der Waals surface area contributed by atoms with Crippen LogP contribution in [0.4, 0.5) is 9.59 Å². The first-order valence-electron chi connectivity index (χ1n) is 7.23. The molecule has 0 aliphatic rings. The first-order valence-corrected chi connectivity index (χ1v) is 7.23. The number of aldehydes is 1. The second kappa shape index (κ2) is 8.00. The Kier molecular flexibility index (Phi) is 7.35. The molecule has 7 nitrogen and oxygen atoms in total. The molecule has 0 spiro atoms. The minimum Gasteiger partial charge on any atom is -0.444 e. The van der Waals surface area contributed by atoms with E-state index in [-0.39, 0.29) is 13.0 Å². The predicted octanol–water partition coefficient (Wildman–Crippen LogP) is 2.34. The Bertz CT molecular complexity index is 396. The first kappa shape index (κ1) is 20.2. The molecular formula is C15H28N2O5. The number of nitrogens with one attached hydrogen (secondary N) is 1. The van der Waals surface area contributed by atoms with Crippen molar-refractivity contribution >= 4 is 18.5 Å². The van der Waals surface area contributed by atoms with Crippen LogP contribution in [0.2, 0.25) is 0 Å². The van der Waals surface area contributed by atoms with E-state index in [1.54, 1.807) is 48.6 Å². The van der Waals surface area contributed by atoms with E-state index in [2.05, 4.69) is 5.32 Å². The van der Waals surface area contributed by atoms with Crippen LogP contribution in [0.5, 0.6) is 0 Å². The standard InChI is InChI=1S/C15H28N2O5/c1-14(2,3)21-12(19)16-11(10-18)8-9-17(7)13(20)22-15(4,5)6/h10-11H,8-9H2,1-7H3,(H,16,19). The fourth-order valence-corrected chi connectivity index (χ4v) is 1.40. The molecule has 0 radical (unpaired) electrons. The molecule has 0 bridgehead atoms. The number of rotatable bonds is 5. The van der Waals surface area contributed by atoms with Gasteiger partial charge in [-0.1, -0.05) is 0 Å². The van der Waals surface area contributed by atoms with E-state index in [0.717, 1.165) is 0 Å². The van der Waals surface area contributed by atoms with Gasteiger partial charge in [-0.15, -0.1) is 0 Å². The molecule has 0 aromatic carbocycles. The van der Waals surface area contributed by atoms with Crippen molar-refractivity contribution in [2.24, 2.45) is 0 Å². The van der Waals surface area contributed by atoms with E-state index < -0.39 is 29.4 Å². The molecule has 22 heavy (non-hydrogen) atoms. The highest BCUT2D eigenvalue weighted by Crippen LogP contribution is 2.10. The van der Waals surface area contributed by atoms with Crippen LogP contribution in [0.3, 0.4) is 0 Å². The van der Waals surface area contributed by atoms with Gasteiger partial charge >= 0.3 is 12.2 Å². The van der Waals surface area contributed by atoms with Crippen molar-refractivity contribution in [1.82, 2.24) is 10.2 Å². The molecule has 0 aliphatic heterocycles. The third-order valence-corrected chi connectivity index (χ3v) is 2.35. The number of nitrogens with zero attached hydrogens (tertiary/aromatic N) is 1. The van der Waals surface area contributed by atoms with Gasteiger partial charge in [-0.2, -0.15) is 0 Å². The minimum absolute atomic E-state index is 0.272. The third kappa shape index (κ3) is 10.0. The fourth-order valence-electron chi connectivity index (χ4n) is 1.40. The zero-order valence-electron chi connectivity index (χ0n) is 14.6. The van der Waals surface area contributed by atoms with Gasteiger partial charge in [-0.25, -0.2) is 9.59 Å². The average molecular weight is 316 g/mol. The summed E-state index contributed by atoms with van der Waals surface area (Å²) in [7, 11) is 1.57. The van der Waals surface area contributed by atoms with Gasteiger partial charge in [-0.3, -0.25) is 0 Å². The average Bonchev–Trinajstić information content (AvgIpc) is 2.29. The van der Waals surface area contributed by atoms with Crippen LogP contribution in [0, 0.1) is 0 Å². The van der Waals surface area contributed by atoms with Crippen LogP contribution >= 0.6 is 0 Å². The molecule has 1 unspecified atom stereocenters. The highest BCUT2D eigenvalue weighted by Gasteiger charge is 2.22. The van der Waals surface area contributed by atoms with Gasteiger partial charge in [0.05, 0.1) is 6.04 Å². The van der Waals surface area contributed by atoms with Crippen LogP contribution < -0.4 is 5.32 Å². The summed E-state index contributed by atoms with van der Waals surface area (Å²) in [5, 5.41) is 2.46. The summed E-state index contributed by atoms with van der Waals surface area (Å²) in [6.07, 6.45) is -0.246. The number of ether oxygens (including phenoxy) is 2. The summed E-state index contributed by atoms with van der Waals surface area (Å²) in [6.45, 7) is 10.8. The highest BCUT2D eigenvalue weighted by atomic mass is 16.6. The SMILES string of the molecule is CN(CCC(C=O)NC(=O)OC(C)(C)C)C(=O)OC(C)(C)C. The maximum atomic E-state index is 11.8. The summed E-state index contributed by atoms with van der Waals surface area (Å²) in [4.78, 5) is 35.7. The Balaban J connectivity index is 4.32. The fraction of sp³-hybridized carbons (Fsp3) is 0.800. The van der Waals surface area contributed by atoms with E-state index in [9.17, 15) is 14.4 Å². The Morgan fingerprint density at radius 2 is 1.59 bits per heavy atom. The third-order valence-electron chi connectivity index (χ3n) is 2.35. The van der Waals surface area contributed by atoms with E-state index in [1.165, 1.54) is 4.90 Å². The molecule has 0 aromatic rings. The van der Waals surface area contributed by atoms with Crippen LogP contribution in [0.1, 0.15) is 48.0 Å². The van der Waals surface area contributed by atoms with Crippen LogP contribution in [-0.4, -0.2) is 54.2 Å². The second-order valence-corrected chi connectivity index (χ2v) is 7.08. The topological polar surface area (TPSA) is 84.9 Å². The number of amides is 2. The number of hydrogen-bond acceptors (Lipinski definition) is 5. The number of carbonyl (C=O) groups excluding carboxylic acids is 3. The lowest BCUT2D eigenvalue weighted by molar-refractivity contribution is -0.109. The molecule has 0 saturated carbocycles. The molecule has 0 aromatic heterocycles. The summed E-state index contributed by atoms with van der Waals surface area (Å²) in [5.74, 6) is 0. The quantitative estimate of drug-likeness (QED) is 0.787. The number of alkyl carbamates (subject to hydrolysis) is 1. The molecule has 1 atom stereocenters. The number of carbonyl (C=O) groups is 3. The van der Waals surface area contributed by atoms with Crippen LogP contribution in [0.15, 0.2) is 0 Å². The largest absolute Gasteiger partial charge is 0.444 e. The van der Waals surface area contributed by atoms with Crippen molar-refractivity contribution in [1.29, 1.82) is 0 Å². The lowest BCUT2D eigenvalue weighted by Crippen LogP contribution is -2.42. The van der Waals surface area contributed by atoms with Gasteiger partial charge in [0.25, 0.3) is 0 Å². The Morgan fingerprint density at radius 1 is 1.09 bits per heavy atom. The Labute approximate surface area is 132 Å². The monoisotopic (exact) mass is 316 g/mol. The molecule has 0 aliphatic carbocycles. The second-order valence-electron chi connectivity index (χ2n) is 7.08. The molecule has 0 heterocycles. The smallest absolute Gasteiger partial charge is 0.410 e. The maximum Gasteiger partial charge on any atom is 0.410 e. The lowest BCUT2D eigenvalue weighted by Gasteiger charge is -2.25. The molecule has 2 amide bonds. The molecule has 0 saturated heterocycles. The van der Waals surface area contributed by atoms with Gasteiger partial charge in [0.15, 0.2) is 0 Å². The normalized spacial score (nSPS) is 13.0. The molecule has 1 N–H and O–H groups in total. The Hall–Kier alpha value is -1.79. The first-order chi connectivity index (χ1) is 9.84. The lowest BCUT2D eigenvalue weighted by atomic mass is 10.2. The molecule has 0 fully saturated rings. The van der Waals surface area contributed by atoms with Gasteiger partial charge < -0.3 is 24.5 Å². The van der Waals surface area contributed by atoms with Crippen molar-refractivity contribution < 1.29 is 23.9 Å². The summed E-state index contributed by atoms with van der Waals surface area (Å²) < 4.78 is 10.3. The van der Waals surface area contributed by atoms with Crippen LogP contribution in [-0.2, 0) is 14.3 Å². The highest BCUT2D eigenvalue weighted by molar-refractivity contribution is 5.73. The van der Waals surface area contributed by atoms with Gasteiger partial charge in [-0.05, 0) is 48.0 Å². The maximum absolute atomic E-state index is 11.8. The number of hydrogen-bond donors (Lipinski definition) is 1. The summed E-state index contributed by atoms with van der Waals surface area (Å²) >= 11 is 0. The van der Waals surface area contributed by atoms with E-state index >= 15 is 0 Å². The molecule has 128 valence electrons. The minimum atomic E-state index is -0.722. The van der Waals surface area contributed by atoms with Crippen molar-refractivity contribution in [2.75, 3.05) is 13.6 Å². The molecule has 7 heteroatoms. The Morgan fingerprint density at radius 3 is 2.00 bits per heavy atom. The predicted molar refractivity (Wildman–Crippen MR) is 82.7 cm³/mol. The van der Waals surface area contributed by atoms with E-state index in [0.29, 0.717) is 6.29 Å². The van der Waals surface area contributed by atoms with Crippen LogP contribution in [0.25, 0.3) is 0 Å². The summed E-state index contributed by atoms with van der Waals surface area (Å²) in [6, 6.07) is -0.722. The zero-order valence-corrected chi connectivity index (χ0v) is 14.6. The van der Waals surface area contributed by atoms with Crippen molar-refractivity contribution in [3.8, 4) is 0 Å². The van der Waals surface area contributed by atoms with Gasteiger partial charge in [0.2, 0.25) is 0 Å². The van der Waals surface area contributed by atoms with Crippen molar-refractivity contribution in [3.05, 3.63) is 0 Å². The summed E-state index contributed by atoms with van der Waals surface area (Å²) in [5.41, 5.74) is -1.21. The van der Waals surface area contributed by atoms with E-state index in [1.807, 2.05) is 0 Å².